The zero-order valence-corrected chi connectivity index (χ0v) is 11.2. The Morgan fingerprint density at radius 1 is 1.53 bits per heavy atom. The summed E-state index contributed by atoms with van der Waals surface area (Å²) in [7, 11) is 0. The van der Waals surface area contributed by atoms with Crippen molar-refractivity contribution in [3.05, 3.63) is 16.1 Å². The van der Waals surface area contributed by atoms with Gasteiger partial charge in [0.1, 0.15) is 0 Å². The lowest BCUT2D eigenvalue weighted by Gasteiger charge is -2.18. The summed E-state index contributed by atoms with van der Waals surface area (Å²) >= 11 is 1.76. The highest BCUT2D eigenvalue weighted by Crippen LogP contribution is 2.37. The summed E-state index contributed by atoms with van der Waals surface area (Å²) in [5.41, 5.74) is 3.12. The predicted octanol–water partition coefficient (Wildman–Crippen LogP) is 1.93. The monoisotopic (exact) mass is 251 g/mol. The molecule has 1 aromatic rings. The van der Waals surface area contributed by atoms with E-state index in [2.05, 4.69) is 22.5 Å². The molecule has 1 saturated heterocycles. The molecule has 4 heteroatoms. The van der Waals surface area contributed by atoms with E-state index in [-0.39, 0.29) is 0 Å². The molecule has 2 N–H and O–H groups in total. The number of rotatable bonds is 4. The molecule has 1 aliphatic heterocycles. The Labute approximate surface area is 107 Å². The Kier molecular flexibility index (Phi) is 3.45. The number of thiazole rings is 1. The number of fused-ring (bicyclic) bond motifs is 1. The molecule has 0 bridgehead atoms. The summed E-state index contributed by atoms with van der Waals surface area (Å²) in [6, 6.07) is 0.704. The summed E-state index contributed by atoms with van der Waals surface area (Å²) in [5.74, 6) is 1.90. The molecule has 3 unspecified atom stereocenters. The van der Waals surface area contributed by atoms with Gasteiger partial charge in [0, 0.05) is 24.0 Å². The van der Waals surface area contributed by atoms with Crippen LogP contribution in [0.15, 0.2) is 5.51 Å². The third-order valence-corrected chi connectivity index (χ3v) is 5.31. The fourth-order valence-electron chi connectivity index (χ4n) is 3.36. The highest BCUT2D eigenvalue weighted by atomic mass is 32.1. The Balaban J connectivity index is 1.47. The molecule has 3 rings (SSSR count). The highest BCUT2D eigenvalue weighted by molar-refractivity contribution is 7.09. The van der Waals surface area contributed by atoms with Crippen molar-refractivity contribution in [1.82, 2.24) is 15.6 Å². The van der Waals surface area contributed by atoms with Crippen LogP contribution in [0.5, 0.6) is 0 Å². The molecule has 2 fully saturated rings. The Hall–Kier alpha value is -0.450. The fourth-order valence-corrected chi connectivity index (χ4v) is 4.11. The first-order chi connectivity index (χ1) is 8.34. The number of aryl methyl sites for hydroxylation is 1. The van der Waals surface area contributed by atoms with Crippen molar-refractivity contribution in [2.24, 2.45) is 11.8 Å². The van der Waals surface area contributed by atoms with E-state index in [9.17, 15) is 0 Å². The van der Waals surface area contributed by atoms with Crippen LogP contribution in [0.3, 0.4) is 0 Å². The van der Waals surface area contributed by atoms with E-state index < -0.39 is 0 Å². The van der Waals surface area contributed by atoms with Gasteiger partial charge in [-0.25, -0.2) is 4.98 Å². The van der Waals surface area contributed by atoms with Gasteiger partial charge in [0.25, 0.3) is 0 Å². The lowest BCUT2D eigenvalue weighted by Crippen LogP contribution is -2.37. The van der Waals surface area contributed by atoms with Gasteiger partial charge in [0.05, 0.1) is 11.2 Å². The minimum absolute atomic E-state index is 0.704. The first kappa shape index (κ1) is 11.6. The van der Waals surface area contributed by atoms with E-state index in [0.717, 1.165) is 24.9 Å². The van der Waals surface area contributed by atoms with Crippen LogP contribution in [0, 0.1) is 18.8 Å². The van der Waals surface area contributed by atoms with Crippen LogP contribution in [-0.2, 0) is 6.54 Å². The van der Waals surface area contributed by atoms with Crippen molar-refractivity contribution < 1.29 is 0 Å². The third kappa shape index (κ3) is 2.39. The normalized spacial score (nSPS) is 31.9. The molecule has 3 nitrogen and oxygen atoms in total. The fraction of sp³-hybridized carbons (Fsp3) is 0.769. The maximum absolute atomic E-state index is 4.28. The molecule has 1 aliphatic carbocycles. The second-order valence-electron chi connectivity index (χ2n) is 5.36. The Morgan fingerprint density at radius 3 is 3.29 bits per heavy atom. The van der Waals surface area contributed by atoms with E-state index in [1.807, 2.05) is 5.51 Å². The minimum atomic E-state index is 0.704. The van der Waals surface area contributed by atoms with Gasteiger partial charge >= 0.3 is 0 Å². The molecule has 1 aromatic heterocycles. The van der Waals surface area contributed by atoms with Crippen LogP contribution in [-0.4, -0.2) is 24.1 Å². The van der Waals surface area contributed by atoms with Crippen LogP contribution in [0.25, 0.3) is 0 Å². The van der Waals surface area contributed by atoms with Crippen LogP contribution < -0.4 is 10.6 Å². The number of hydrogen-bond acceptors (Lipinski definition) is 4. The Morgan fingerprint density at radius 2 is 2.47 bits per heavy atom. The van der Waals surface area contributed by atoms with E-state index >= 15 is 0 Å². The smallest absolute Gasteiger partial charge is 0.0798 e. The molecule has 17 heavy (non-hydrogen) atoms. The van der Waals surface area contributed by atoms with Crippen molar-refractivity contribution in [1.29, 1.82) is 0 Å². The van der Waals surface area contributed by atoms with Gasteiger partial charge < -0.3 is 10.6 Å². The molecule has 0 radical (unpaired) electrons. The second-order valence-corrected chi connectivity index (χ2v) is 6.30. The summed E-state index contributed by atoms with van der Waals surface area (Å²) in [6.45, 7) is 5.43. The van der Waals surface area contributed by atoms with E-state index in [4.69, 9.17) is 0 Å². The van der Waals surface area contributed by atoms with Gasteiger partial charge in [-0.15, -0.1) is 11.3 Å². The van der Waals surface area contributed by atoms with Gasteiger partial charge in [-0.3, -0.25) is 0 Å². The lowest BCUT2D eigenvalue weighted by molar-refractivity contribution is 0.393. The average Bonchev–Trinajstić information content (AvgIpc) is 2.98. The van der Waals surface area contributed by atoms with Crippen molar-refractivity contribution in [2.75, 3.05) is 13.1 Å². The van der Waals surface area contributed by atoms with Gasteiger partial charge in [0.2, 0.25) is 0 Å². The maximum atomic E-state index is 4.28. The van der Waals surface area contributed by atoms with Crippen LogP contribution in [0.2, 0.25) is 0 Å². The standard InChI is InChI=1S/C13H21N3S/c1-9-13(17-8-16-9)7-14-6-12-11-4-2-3-10(11)5-15-12/h8,10-12,14-15H,2-7H2,1H3. The molecule has 94 valence electrons. The van der Waals surface area contributed by atoms with Crippen molar-refractivity contribution >= 4 is 11.3 Å². The number of nitrogens with zero attached hydrogens (tertiary/aromatic N) is 1. The van der Waals surface area contributed by atoms with E-state index in [0.29, 0.717) is 6.04 Å². The number of hydrogen-bond donors (Lipinski definition) is 2. The number of aromatic nitrogens is 1. The van der Waals surface area contributed by atoms with E-state index in [1.165, 1.54) is 36.4 Å². The predicted molar refractivity (Wildman–Crippen MR) is 71.2 cm³/mol. The van der Waals surface area contributed by atoms with Crippen molar-refractivity contribution in [2.45, 2.75) is 38.8 Å². The minimum Gasteiger partial charge on any atom is -0.312 e. The summed E-state index contributed by atoms with van der Waals surface area (Å²) in [5, 5.41) is 7.27. The van der Waals surface area contributed by atoms with Crippen molar-refractivity contribution in [3.63, 3.8) is 0 Å². The molecule has 0 spiro atoms. The Bertz CT molecular complexity index is 376. The maximum Gasteiger partial charge on any atom is 0.0798 e. The summed E-state index contributed by atoms with van der Waals surface area (Å²) < 4.78 is 0. The summed E-state index contributed by atoms with van der Waals surface area (Å²) in [4.78, 5) is 5.66. The molecule has 0 aromatic carbocycles. The average molecular weight is 251 g/mol. The first-order valence-corrected chi connectivity index (χ1v) is 7.55. The SMILES string of the molecule is Cc1ncsc1CNCC1NCC2CCCC21. The third-order valence-electron chi connectivity index (χ3n) is 4.37. The topological polar surface area (TPSA) is 37.0 Å². The van der Waals surface area contributed by atoms with Gasteiger partial charge in [0.15, 0.2) is 0 Å². The molecule has 2 heterocycles. The molecule has 1 saturated carbocycles. The van der Waals surface area contributed by atoms with Crippen LogP contribution >= 0.6 is 11.3 Å². The van der Waals surface area contributed by atoms with Gasteiger partial charge in [-0.2, -0.15) is 0 Å². The zero-order valence-electron chi connectivity index (χ0n) is 10.4. The lowest BCUT2D eigenvalue weighted by atomic mass is 9.94. The molecular weight excluding hydrogens is 230 g/mol. The molecule has 2 aliphatic rings. The van der Waals surface area contributed by atoms with E-state index in [1.54, 1.807) is 11.3 Å². The highest BCUT2D eigenvalue weighted by Gasteiger charge is 2.38. The first-order valence-electron chi connectivity index (χ1n) is 6.67. The van der Waals surface area contributed by atoms with Crippen molar-refractivity contribution in [3.8, 4) is 0 Å². The zero-order chi connectivity index (χ0) is 11.7. The van der Waals surface area contributed by atoms with Gasteiger partial charge in [-0.05, 0) is 38.1 Å². The molecule has 3 atom stereocenters. The van der Waals surface area contributed by atoms with Crippen LogP contribution in [0.1, 0.15) is 29.8 Å². The number of nitrogens with one attached hydrogen (secondary N) is 2. The summed E-state index contributed by atoms with van der Waals surface area (Å²) in [6.07, 6.45) is 4.33. The second kappa shape index (κ2) is 5.04. The largest absolute Gasteiger partial charge is 0.312 e. The molecule has 0 amide bonds. The van der Waals surface area contributed by atoms with Crippen LogP contribution in [0.4, 0.5) is 0 Å². The van der Waals surface area contributed by atoms with Gasteiger partial charge in [-0.1, -0.05) is 6.42 Å². The molecular formula is C13H21N3S. The quantitative estimate of drug-likeness (QED) is 0.858.